The van der Waals surface area contributed by atoms with Crippen molar-refractivity contribution in [3.63, 3.8) is 0 Å². The number of carbonyl (C=O) groups is 1. The zero-order chi connectivity index (χ0) is 30.8. The Morgan fingerprint density at radius 1 is 0.571 bits per heavy atom. The second-order valence-corrected chi connectivity index (χ2v) is 12.3. The summed E-state index contributed by atoms with van der Waals surface area (Å²) >= 11 is 0. The van der Waals surface area contributed by atoms with E-state index in [1.807, 2.05) is 12.2 Å². The average molecular weight is 590 g/mol. The minimum atomic E-state index is -0.885. The van der Waals surface area contributed by atoms with Gasteiger partial charge in [-0.15, -0.1) is 0 Å². The largest absolute Gasteiger partial charge is 0.394 e. The first-order chi connectivity index (χ1) is 20.7. The third kappa shape index (κ3) is 30.1. The van der Waals surface area contributed by atoms with Crippen molar-refractivity contribution in [3.05, 3.63) is 36.5 Å². The molecule has 0 aliphatic rings. The molecule has 0 aromatic carbocycles. The SMILES string of the molecule is CCCCCCC/C=C/C=C/[C@@H](O)[C@H](CO)NC(=O)CCCCCCCCCCCCC/C=C/CCCCCCCC. The molecule has 3 N–H and O–H groups in total. The molecule has 0 saturated carbocycles. The van der Waals surface area contributed by atoms with E-state index in [4.69, 9.17) is 0 Å². The van der Waals surface area contributed by atoms with E-state index in [1.54, 1.807) is 6.08 Å². The van der Waals surface area contributed by atoms with Crippen LogP contribution in [0.25, 0.3) is 0 Å². The smallest absolute Gasteiger partial charge is 0.220 e. The Morgan fingerprint density at radius 3 is 1.43 bits per heavy atom. The van der Waals surface area contributed by atoms with Crippen molar-refractivity contribution in [1.29, 1.82) is 0 Å². The minimum Gasteiger partial charge on any atom is -0.394 e. The molecule has 0 rings (SSSR count). The van der Waals surface area contributed by atoms with Gasteiger partial charge in [0.25, 0.3) is 0 Å². The molecule has 0 aliphatic carbocycles. The lowest BCUT2D eigenvalue weighted by Gasteiger charge is -2.19. The van der Waals surface area contributed by atoms with Gasteiger partial charge >= 0.3 is 0 Å². The molecule has 0 aromatic rings. The Balaban J connectivity index is 3.58. The van der Waals surface area contributed by atoms with Gasteiger partial charge in [0, 0.05) is 6.42 Å². The van der Waals surface area contributed by atoms with Crippen LogP contribution in [0.15, 0.2) is 36.5 Å². The Kier molecular flexibility index (Phi) is 33.0. The highest BCUT2D eigenvalue weighted by Gasteiger charge is 2.17. The summed E-state index contributed by atoms with van der Waals surface area (Å²) in [5.41, 5.74) is 0. The fourth-order valence-corrected chi connectivity index (χ4v) is 5.29. The van der Waals surface area contributed by atoms with Gasteiger partial charge in [0.2, 0.25) is 5.91 Å². The number of amides is 1. The number of nitrogens with one attached hydrogen (secondary N) is 1. The van der Waals surface area contributed by atoms with Crippen molar-refractivity contribution in [2.45, 2.75) is 193 Å². The van der Waals surface area contributed by atoms with Crippen LogP contribution in [0.5, 0.6) is 0 Å². The fourth-order valence-electron chi connectivity index (χ4n) is 5.29. The molecule has 0 aliphatic heterocycles. The highest BCUT2D eigenvalue weighted by atomic mass is 16.3. The summed E-state index contributed by atoms with van der Waals surface area (Å²) in [7, 11) is 0. The predicted octanol–water partition coefficient (Wildman–Crippen LogP) is 10.7. The highest BCUT2D eigenvalue weighted by Crippen LogP contribution is 2.13. The van der Waals surface area contributed by atoms with Crippen LogP contribution in [0, 0.1) is 0 Å². The van der Waals surface area contributed by atoms with E-state index in [1.165, 1.54) is 141 Å². The summed E-state index contributed by atoms with van der Waals surface area (Å²) in [5.74, 6) is -0.0857. The summed E-state index contributed by atoms with van der Waals surface area (Å²) in [6.45, 7) is 4.23. The van der Waals surface area contributed by atoms with Crippen molar-refractivity contribution in [3.8, 4) is 0 Å². The first-order valence-corrected chi connectivity index (χ1v) is 18.2. The molecule has 0 aromatic heterocycles. The maximum absolute atomic E-state index is 12.3. The fraction of sp³-hybridized carbons (Fsp3) is 0.816. The van der Waals surface area contributed by atoms with Gasteiger partial charge in [0.15, 0.2) is 0 Å². The van der Waals surface area contributed by atoms with Crippen LogP contribution in [-0.4, -0.2) is 34.9 Å². The monoisotopic (exact) mass is 590 g/mol. The first kappa shape index (κ1) is 40.6. The van der Waals surface area contributed by atoms with E-state index in [9.17, 15) is 15.0 Å². The Labute approximate surface area is 261 Å². The van der Waals surface area contributed by atoms with Crippen LogP contribution in [-0.2, 0) is 4.79 Å². The maximum Gasteiger partial charge on any atom is 0.220 e. The van der Waals surface area contributed by atoms with Gasteiger partial charge in [0.05, 0.1) is 18.8 Å². The second-order valence-electron chi connectivity index (χ2n) is 12.3. The number of carbonyl (C=O) groups excluding carboxylic acids is 1. The van der Waals surface area contributed by atoms with Crippen LogP contribution in [0.4, 0.5) is 0 Å². The van der Waals surface area contributed by atoms with Crippen LogP contribution >= 0.6 is 0 Å². The molecule has 0 heterocycles. The van der Waals surface area contributed by atoms with Crippen molar-refractivity contribution in [2.75, 3.05) is 6.61 Å². The van der Waals surface area contributed by atoms with Crippen molar-refractivity contribution in [2.24, 2.45) is 0 Å². The zero-order valence-electron chi connectivity index (χ0n) is 28.0. The number of allylic oxidation sites excluding steroid dienone is 5. The van der Waals surface area contributed by atoms with Gasteiger partial charge in [-0.25, -0.2) is 0 Å². The number of aliphatic hydroxyl groups excluding tert-OH is 2. The summed E-state index contributed by atoms with van der Waals surface area (Å²) in [5, 5.41) is 22.7. The van der Waals surface area contributed by atoms with Crippen LogP contribution < -0.4 is 5.32 Å². The van der Waals surface area contributed by atoms with E-state index in [0.717, 1.165) is 19.3 Å². The molecule has 0 spiro atoms. The molecule has 42 heavy (non-hydrogen) atoms. The molecule has 0 saturated heterocycles. The quantitative estimate of drug-likeness (QED) is 0.0415. The first-order valence-electron chi connectivity index (χ1n) is 18.2. The molecule has 0 bridgehead atoms. The lowest BCUT2D eigenvalue weighted by Crippen LogP contribution is -2.45. The van der Waals surface area contributed by atoms with Crippen molar-refractivity contribution < 1.29 is 15.0 Å². The van der Waals surface area contributed by atoms with Crippen LogP contribution in [0.2, 0.25) is 0 Å². The summed E-state index contributed by atoms with van der Waals surface area (Å²) < 4.78 is 0. The molecular weight excluding hydrogens is 518 g/mol. The standard InChI is InChI=1S/C38H71NO3/c1-3-5-7-9-11-13-14-15-16-17-18-19-20-21-22-23-24-26-28-30-32-34-38(42)39-36(35-40)37(41)33-31-29-27-25-12-10-8-6-4-2/h15-16,27,29,31,33,36-37,40-41H,3-14,17-26,28,30,32,34-35H2,1-2H3,(H,39,42)/b16-15+,29-27+,33-31+/t36-,37+/m0/s1. The van der Waals surface area contributed by atoms with Gasteiger partial charge in [-0.2, -0.15) is 0 Å². The predicted molar refractivity (Wildman–Crippen MR) is 184 cm³/mol. The summed E-state index contributed by atoms with van der Waals surface area (Å²) in [6.07, 6.45) is 43.9. The number of aliphatic hydroxyl groups is 2. The third-order valence-corrected chi connectivity index (χ3v) is 8.15. The maximum atomic E-state index is 12.3. The molecule has 4 nitrogen and oxygen atoms in total. The minimum absolute atomic E-state index is 0.0857. The molecule has 0 radical (unpaired) electrons. The molecular formula is C38H71NO3. The lowest BCUT2D eigenvalue weighted by atomic mass is 10.0. The molecule has 0 unspecified atom stereocenters. The number of hydrogen-bond donors (Lipinski definition) is 3. The molecule has 2 atom stereocenters. The topological polar surface area (TPSA) is 69.6 Å². The van der Waals surface area contributed by atoms with Gasteiger partial charge in [-0.05, 0) is 44.9 Å². The molecule has 4 heteroatoms. The molecule has 246 valence electrons. The van der Waals surface area contributed by atoms with E-state index >= 15 is 0 Å². The van der Waals surface area contributed by atoms with Gasteiger partial charge in [-0.1, -0.05) is 166 Å². The Bertz CT molecular complexity index is 642. The summed E-state index contributed by atoms with van der Waals surface area (Å²) in [4.78, 5) is 12.3. The normalized spacial score (nSPS) is 13.5. The van der Waals surface area contributed by atoms with Gasteiger partial charge in [0.1, 0.15) is 0 Å². The number of rotatable bonds is 32. The van der Waals surface area contributed by atoms with E-state index in [2.05, 4.69) is 37.4 Å². The van der Waals surface area contributed by atoms with E-state index in [-0.39, 0.29) is 12.5 Å². The summed E-state index contributed by atoms with van der Waals surface area (Å²) in [6, 6.07) is -0.650. The third-order valence-electron chi connectivity index (χ3n) is 8.15. The van der Waals surface area contributed by atoms with E-state index < -0.39 is 12.1 Å². The Hall–Kier alpha value is -1.39. The average Bonchev–Trinajstić information content (AvgIpc) is 2.99. The van der Waals surface area contributed by atoms with Crippen molar-refractivity contribution >= 4 is 5.91 Å². The number of unbranched alkanes of at least 4 members (excludes halogenated alkanes) is 22. The zero-order valence-corrected chi connectivity index (χ0v) is 28.0. The van der Waals surface area contributed by atoms with Crippen LogP contribution in [0.3, 0.4) is 0 Å². The second kappa shape index (κ2) is 34.1. The molecule has 1 amide bonds. The van der Waals surface area contributed by atoms with Gasteiger partial charge < -0.3 is 15.5 Å². The number of hydrogen-bond acceptors (Lipinski definition) is 3. The lowest BCUT2D eigenvalue weighted by molar-refractivity contribution is -0.123. The van der Waals surface area contributed by atoms with Gasteiger partial charge in [-0.3, -0.25) is 4.79 Å². The molecule has 0 fully saturated rings. The highest BCUT2D eigenvalue weighted by molar-refractivity contribution is 5.76. The Morgan fingerprint density at radius 2 is 0.976 bits per heavy atom. The van der Waals surface area contributed by atoms with Crippen LogP contribution in [0.1, 0.15) is 181 Å². The van der Waals surface area contributed by atoms with Crippen molar-refractivity contribution in [1.82, 2.24) is 5.32 Å². The van der Waals surface area contributed by atoms with E-state index in [0.29, 0.717) is 6.42 Å².